The molecule has 0 radical (unpaired) electrons. The van der Waals surface area contributed by atoms with Gasteiger partial charge >= 0.3 is 10.2 Å². The Balaban J connectivity index is 2.82. The molecule has 2 N–H and O–H groups in total. The number of rotatable bonds is 6. The molecule has 0 fully saturated rings. The molecule has 0 unspecified atom stereocenters. The van der Waals surface area contributed by atoms with Crippen molar-refractivity contribution in [2.45, 2.75) is 6.42 Å². The van der Waals surface area contributed by atoms with Gasteiger partial charge in [0.1, 0.15) is 11.6 Å². The van der Waals surface area contributed by atoms with Crippen molar-refractivity contribution in [1.29, 1.82) is 0 Å². The Hall–Kier alpha value is -1.25. The molecule has 1 aromatic rings. The molecule has 0 heterocycles. The van der Waals surface area contributed by atoms with Gasteiger partial charge in [-0.25, -0.2) is 8.78 Å². The Morgan fingerprint density at radius 1 is 1.39 bits per heavy atom. The van der Waals surface area contributed by atoms with Crippen LogP contribution in [0.25, 0.3) is 0 Å². The summed E-state index contributed by atoms with van der Waals surface area (Å²) in [6, 6.07) is 2.54. The van der Waals surface area contributed by atoms with E-state index in [2.05, 4.69) is 0 Å². The van der Waals surface area contributed by atoms with E-state index < -0.39 is 21.8 Å². The first-order valence-electron chi connectivity index (χ1n) is 5.17. The van der Waals surface area contributed by atoms with Crippen LogP contribution in [0.3, 0.4) is 0 Å². The molecule has 0 amide bonds. The van der Waals surface area contributed by atoms with E-state index in [4.69, 9.17) is 5.11 Å². The SMILES string of the molecule is CN(CCCO)S(=O)(=O)Nc1ccc(F)cc1F. The highest BCUT2D eigenvalue weighted by Gasteiger charge is 2.18. The third-order valence-electron chi connectivity index (χ3n) is 2.21. The van der Waals surface area contributed by atoms with Crippen LogP contribution in [0.2, 0.25) is 0 Å². The highest BCUT2D eigenvalue weighted by atomic mass is 32.2. The van der Waals surface area contributed by atoms with Gasteiger partial charge in [-0.2, -0.15) is 12.7 Å². The zero-order chi connectivity index (χ0) is 13.8. The van der Waals surface area contributed by atoms with Gasteiger partial charge in [0.2, 0.25) is 0 Å². The fourth-order valence-corrected chi connectivity index (χ4v) is 2.17. The first-order chi connectivity index (χ1) is 8.36. The number of nitrogens with zero attached hydrogens (tertiary/aromatic N) is 1. The van der Waals surface area contributed by atoms with Crippen molar-refractivity contribution >= 4 is 15.9 Å². The minimum atomic E-state index is -3.91. The minimum absolute atomic E-state index is 0.0919. The number of nitrogens with one attached hydrogen (secondary N) is 1. The van der Waals surface area contributed by atoms with E-state index in [1.165, 1.54) is 7.05 Å². The number of aliphatic hydroxyl groups excluding tert-OH is 1. The molecule has 0 saturated heterocycles. The first kappa shape index (κ1) is 14.8. The Morgan fingerprint density at radius 2 is 2.06 bits per heavy atom. The van der Waals surface area contributed by atoms with Crippen molar-refractivity contribution < 1.29 is 22.3 Å². The third-order valence-corrected chi connectivity index (χ3v) is 3.69. The number of benzene rings is 1. The number of hydrogen-bond donors (Lipinski definition) is 2. The van der Waals surface area contributed by atoms with Gasteiger partial charge in [-0.15, -0.1) is 0 Å². The zero-order valence-corrected chi connectivity index (χ0v) is 10.5. The molecule has 18 heavy (non-hydrogen) atoms. The van der Waals surface area contributed by atoms with Crippen LogP contribution in [0.5, 0.6) is 0 Å². The average Bonchev–Trinajstić information content (AvgIpc) is 2.29. The van der Waals surface area contributed by atoms with E-state index in [1.54, 1.807) is 0 Å². The Labute approximate surface area is 104 Å². The molecule has 0 atom stereocenters. The lowest BCUT2D eigenvalue weighted by molar-refractivity contribution is 0.276. The van der Waals surface area contributed by atoms with Crippen molar-refractivity contribution in [3.8, 4) is 0 Å². The second-order valence-corrected chi connectivity index (χ2v) is 5.41. The summed E-state index contributed by atoms with van der Waals surface area (Å²) in [6.07, 6.45) is 0.267. The minimum Gasteiger partial charge on any atom is -0.396 e. The van der Waals surface area contributed by atoms with Crippen LogP contribution in [-0.2, 0) is 10.2 Å². The zero-order valence-electron chi connectivity index (χ0n) is 9.73. The second-order valence-electron chi connectivity index (χ2n) is 3.63. The van der Waals surface area contributed by atoms with Gasteiger partial charge in [0, 0.05) is 26.3 Å². The van der Waals surface area contributed by atoms with Gasteiger partial charge in [-0.1, -0.05) is 0 Å². The topological polar surface area (TPSA) is 69.6 Å². The van der Waals surface area contributed by atoms with E-state index >= 15 is 0 Å². The van der Waals surface area contributed by atoms with E-state index in [0.29, 0.717) is 6.07 Å². The van der Waals surface area contributed by atoms with Crippen molar-refractivity contribution in [1.82, 2.24) is 4.31 Å². The van der Waals surface area contributed by atoms with Crippen LogP contribution >= 0.6 is 0 Å². The summed E-state index contributed by atoms with van der Waals surface area (Å²) in [5, 5.41) is 8.60. The van der Waals surface area contributed by atoms with Crippen LogP contribution in [-0.4, -0.2) is 38.0 Å². The lowest BCUT2D eigenvalue weighted by atomic mass is 10.3. The summed E-state index contributed by atoms with van der Waals surface area (Å²) in [6.45, 7) is -0.0561. The van der Waals surface area contributed by atoms with Crippen LogP contribution < -0.4 is 4.72 Å². The molecular weight excluding hydrogens is 266 g/mol. The van der Waals surface area contributed by atoms with Crippen LogP contribution in [0.1, 0.15) is 6.42 Å². The summed E-state index contributed by atoms with van der Waals surface area (Å²) in [4.78, 5) is 0. The highest BCUT2D eigenvalue weighted by molar-refractivity contribution is 7.90. The van der Waals surface area contributed by atoms with Gasteiger partial charge in [-0.05, 0) is 18.6 Å². The molecule has 0 bridgehead atoms. The summed E-state index contributed by atoms with van der Waals surface area (Å²) < 4.78 is 52.3. The summed E-state index contributed by atoms with van der Waals surface area (Å²) in [7, 11) is -2.62. The molecule has 0 aromatic heterocycles. The molecule has 0 aliphatic rings. The third kappa shape index (κ3) is 3.90. The van der Waals surface area contributed by atoms with Gasteiger partial charge < -0.3 is 5.11 Å². The summed E-state index contributed by atoms with van der Waals surface area (Å²) in [5.74, 6) is -1.78. The van der Waals surface area contributed by atoms with E-state index in [9.17, 15) is 17.2 Å². The normalized spacial score (nSPS) is 11.8. The Morgan fingerprint density at radius 3 is 2.61 bits per heavy atom. The molecule has 1 aromatic carbocycles. The van der Waals surface area contributed by atoms with Crippen molar-refractivity contribution in [2.75, 3.05) is 24.9 Å². The molecule has 8 heteroatoms. The molecular formula is C10H14F2N2O3S. The van der Waals surface area contributed by atoms with E-state index in [0.717, 1.165) is 16.4 Å². The second kappa shape index (κ2) is 6.07. The predicted molar refractivity (Wildman–Crippen MR) is 63.2 cm³/mol. The number of halogens is 2. The lowest BCUT2D eigenvalue weighted by Crippen LogP contribution is -2.33. The Kier molecular flexibility index (Phi) is 5.00. The lowest BCUT2D eigenvalue weighted by Gasteiger charge is -2.18. The molecule has 0 aliphatic heterocycles. The monoisotopic (exact) mass is 280 g/mol. The maximum Gasteiger partial charge on any atom is 0.301 e. The maximum absolute atomic E-state index is 13.3. The molecule has 1 rings (SSSR count). The van der Waals surface area contributed by atoms with Crippen molar-refractivity contribution in [3.05, 3.63) is 29.8 Å². The summed E-state index contributed by atoms with van der Waals surface area (Å²) in [5.41, 5.74) is -0.327. The standard InChI is InChI=1S/C10H14F2N2O3S/c1-14(5-2-6-15)18(16,17)13-10-4-3-8(11)7-9(10)12/h3-4,7,13,15H,2,5-6H2,1H3. The fraction of sp³-hybridized carbons (Fsp3) is 0.400. The molecule has 102 valence electrons. The predicted octanol–water partition coefficient (Wildman–Crippen LogP) is 0.936. The summed E-state index contributed by atoms with van der Waals surface area (Å²) >= 11 is 0. The van der Waals surface area contributed by atoms with Gasteiger partial charge in [-0.3, -0.25) is 4.72 Å². The quantitative estimate of drug-likeness (QED) is 0.814. The van der Waals surface area contributed by atoms with Crippen LogP contribution in [0, 0.1) is 11.6 Å². The van der Waals surface area contributed by atoms with E-state index in [1.807, 2.05) is 4.72 Å². The number of aliphatic hydroxyl groups is 1. The number of anilines is 1. The van der Waals surface area contributed by atoms with Crippen LogP contribution in [0.4, 0.5) is 14.5 Å². The fourth-order valence-electron chi connectivity index (χ4n) is 1.20. The molecule has 0 aliphatic carbocycles. The Bertz CT molecular complexity index is 508. The average molecular weight is 280 g/mol. The molecule has 5 nitrogen and oxygen atoms in total. The first-order valence-corrected chi connectivity index (χ1v) is 6.61. The molecule has 0 saturated carbocycles. The van der Waals surface area contributed by atoms with Crippen molar-refractivity contribution in [3.63, 3.8) is 0 Å². The highest BCUT2D eigenvalue weighted by Crippen LogP contribution is 2.17. The van der Waals surface area contributed by atoms with Gasteiger partial charge in [0.05, 0.1) is 5.69 Å². The maximum atomic E-state index is 13.3. The van der Waals surface area contributed by atoms with Crippen LogP contribution in [0.15, 0.2) is 18.2 Å². The largest absolute Gasteiger partial charge is 0.396 e. The van der Waals surface area contributed by atoms with E-state index in [-0.39, 0.29) is 25.3 Å². The smallest absolute Gasteiger partial charge is 0.301 e. The number of hydrogen-bond acceptors (Lipinski definition) is 3. The van der Waals surface area contributed by atoms with Crippen molar-refractivity contribution in [2.24, 2.45) is 0 Å². The van der Waals surface area contributed by atoms with Gasteiger partial charge in [0.25, 0.3) is 0 Å². The molecule has 0 spiro atoms. The van der Waals surface area contributed by atoms with Gasteiger partial charge in [0.15, 0.2) is 0 Å².